The van der Waals surface area contributed by atoms with Crippen LogP contribution in [-0.2, 0) is 32.5 Å². The van der Waals surface area contributed by atoms with E-state index in [4.69, 9.17) is 9.97 Å². The fourth-order valence-electron chi connectivity index (χ4n) is 18.0. The summed E-state index contributed by atoms with van der Waals surface area (Å²) in [6.07, 6.45) is 0. The summed E-state index contributed by atoms with van der Waals surface area (Å²) in [6, 6.07) is 98.4. The van der Waals surface area contributed by atoms with Gasteiger partial charge < -0.3 is 0 Å². The van der Waals surface area contributed by atoms with E-state index in [2.05, 4.69) is 338 Å². The number of hydrogen-bond donors (Lipinski definition) is 0. The molecular weight excluding hydrogens is 1210 g/mol. The van der Waals surface area contributed by atoms with E-state index in [1.54, 1.807) is 0 Å². The first-order valence-electron chi connectivity index (χ1n) is 35.4. The zero-order valence-electron chi connectivity index (χ0n) is 58.6. The highest BCUT2D eigenvalue weighted by Gasteiger charge is 2.55. The third-order valence-electron chi connectivity index (χ3n) is 22.9. The summed E-state index contributed by atoms with van der Waals surface area (Å²) >= 11 is 1.88. The van der Waals surface area contributed by atoms with Gasteiger partial charge in [-0.25, -0.2) is 9.97 Å². The van der Waals surface area contributed by atoms with Crippen LogP contribution < -0.4 is 0 Å². The highest BCUT2D eigenvalue weighted by Crippen LogP contribution is 2.68. The SMILES string of the molecule is CC(C)(C)c1ccc2c(c1)C1(c3cc(C(C)(C)C)ccc3-2)c2ccccc2-c2c(-c3sc(-c4cccc5c4-c4ccccc4C54c5cc(C(C)(C)C)ccc5-c5ccc(C(C)(C)C)cc54)c4nc5c6cc(-c7ccccc7)ccc6c6ccc(-c7ccccc7)cc6c5nc34)cccc21. The summed E-state index contributed by atoms with van der Waals surface area (Å²) in [5, 5.41) is 4.49. The van der Waals surface area contributed by atoms with Crippen molar-refractivity contribution in [2.75, 3.05) is 0 Å². The molecule has 19 rings (SSSR count). The normalized spacial score (nSPS) is 14.4. The van der Waals surface area contributed by atoms with Gasteiger partial charge >= 0.3 is 0 Å². The zero-order valence-corrected chi connectivity index (χ0v) is 59.4. The molecule has 2 spiro atoms. The van der Waals surface area contributed by atoms with Crippen LogP contribution in [0.4, 0.5) is 0 Å². The maximum Gasteiger partial charge on any atom is 0.109 e. The van der Waals surface area contributed by atoms with Crippen LogP contribution in [0.2, 0.25) is 0 Å². The largest absolute Gasteiger partial charge is 0.242 e. The van der Waals surface area contributed by atoms with Gasteiger partial charge in [0.1, 0.15) is 11.0 Å². The molecule has 0 fully saturated rings. The molecule has 3 heteroatoms. The van der Waals surface area contributed by atoms with Crippen molar-refractivity contribution < 1.29 is 0 Å². The monoisotopic (exact) mass is 1290 g/mol. The fourth-order valence-corrected chi connectivity index (χ4v) is 19.2. The van der Waals surface area contributed by atoms with Crippen LogP contribution in [0, 0.1) is 0 Å². The van der Waals surface area contributed by atoms with Crippen molar-refractivity contribution in [1.82, 2.24) is 9.97 Å². The average molecular weight is 1290 g/mol. The van der Waals surface area contributed by atoms with Crippen LogP contribution in [0.1, 0.15) is 150 Å². The fraction of sp³-hybridized carbons (Fsp3) is 0.188. The molecule has 2 heterocycles. The van der Waals surface area contributed by atoms with Crippen molar-refractivity contribution in [2.45, 2.75) is 116 Å². The van der Waals surface area contributed by atoms with Gasteiger partial charge in [0.15, 0.2) is 0 Å². The minimum atomic E-state index is -0.603. The summed E-state index contributed by atoms with van der Waals surface area (Å²) in [6.45, 7) is 28.3. The van der Waals surface area contributed by atoms with Crippen LogP contribution in [0.5, 0.6) is 0 Å². The Balaban J connectivity index is 0.960. The summed E-state index contributed by atoms with van der Waals surface area (Å²) < 4.78 is 0. The Bertz CT molecular complexity index is 5510. The first-order valence-corrected chi connectivity index (χ1v) is 36.3. The van der Waals surface area contributed by atoms with Gasteiger partial charge in [0.25, 0.3) is 0 Å². The second-order valence-electron chi connectivity index (χ2n) is 32.7. The van der Waals surface area contributed by atoms with Crippen LogP contribution in [0.25, 0.3) is 131 Å². The predicted molar refractivity (Wildman–Crippen MR) is 419 cm³/mol. The number of fused-ring (bicyclic) bond motifs is 27. The Morgan fingerprint density at radius 2 is 0.545 bits per heavy atom. The lowest BCUT2D eigenvalue weighted by Gasteiger charge is -2.33. The Hall–Kier alpha value is -10.3. The number of thiophene rings is 1. The number of nitrogens with zero attached hydrogens (tertiary/aromatic N) is 2. The minimum absolute atomic E-state index is 0.0778. The summed E-state index contributed by atoms with van der Waals surface area (Å²) in [5.41, 5.74) is 35.4. The summed E-state index contributed by atoms with van der Waals surface area (Å²) in [7, 11) is 0. The molecule has 0 unspecified atom stereocenters. The number of rotatable bonds is 4. The first kappa shape index (κ1) is 59.9. The van der Waals surface area contributed by atoms with Gasteiger partial charge in [-0.15, -0.1) is 11.3 Å². The third-order valence-corrected chi connectivity index (χ3v) is 24.2. The lowest BCUT2D eigenvalue weighted by molar-refractivity contribution is 0.586. The van der Waals surface area contributed by atoms with E-state index < -0.39 is 10.8 Å². The molecule has 0 saturated carbocycles. The Morgan fingerprint density at radius 1 is 0.232 bits per heavy atom. The quantitative estimate of drug-likeness (QED) is 0.164. The molecule has 478 valence electrons. The van der Waals surface area contributed by atoms with Crippen molar-refractivity contribution in [3.63, 3.8) is 0 Å². The Kier molecular flexibility index (Phi) is 12.5. The van der Waals surface area contributed by atoms with E-state index >= 15 is 0 Å². The van der Waals surface area contributed by atoms with Crippen molar-refractivity contribution in [2.24, 2.45) is 0 Å². The molecule has 0 radical (unpaired) electrons. The summed E-state index contributed by atoms with van der Waals surface area (Å²) in [4.78, 5) is 14.9. The van der Waals surface area contributed by atoms with Crippen LogP contribution in [-0.4, -0.2) is 9.97 Å². The van der Waals surface area contributed by atoms with Gasteiger partial charge in [0.2, 0.25) is 0 Å². The zero-order chi connectivity index (χ0) is 67.6. The van der Waals surface area contributed by atoms with Gasteiger partial charge in [0.05, 0.1) is 31.6 Å². The van der Waals surface area contributed by atoms with Gasteiger partial charge in [-0.3, -0.25) is 0 Å². The third kappa shape index (κ3) is 8.35. The lowest BCUT2D eigenvalue weighted by Crippen LogP contribution is -2.27. The molecule has 2 aromatic heterocycles. The molecule has 99 heavy (non-hydrogen) atoms. The van der Waals surface area contributed by atoms with E-state index in [9.17, 15) is 0 Å². The number of aromatic nitrogens is 2. The first-order chi connectivity index (χ1) is 47.6. The van der Waals surface area contributed by atoms with Gasteiger partial charge in [-0.1, -0.05) is 326 Å². The van der Waals surface area contributed by atoms with Crippen molar-refractivity contribution >= 4 is 54.9 Å². The highest BCUT2D eigenvalue weighted by atomic mass is 32.1. The molecule has 4 aliphatic rings. The van der Waals surface area contributed by atoms with E-state index in [1.165, 1.54) is 134 Å². The van der Waals surface area contributed by atoms with E-state index in [-0.39, 0.29) is 21.7 Å². The lowest BCUT2D eigenvalue weighted by atomic mass is 9.68. The van der Waals surface area contributed by atoms with Crippen LogP contribution in [0.15, 0.2) is 255 Å². The molecule has 0 aliphatic heterocycles. The van der Waals surface area contributed by atoms with E-state index in [0.29, 0.717) is 0 Å². The maximum atomic E-state index is 6.32. The van der Waals surface area contributed by atoms with Crippen LogP contribution in [0.3, 0.4) is 0 Å². The molecule has 15 aromatic rings. The van der Waals surface area contributed by atoms with E-state index in [1.807, 2.05) is 11.3 Å². The number of hydrogen-bond acceptors (Lipinski definition) is 3. The maximum absolute atomic E-state index is 6.32. The minimum Gasteiger partial charge on any atom is -0.242 e. The topological polar surface area (TPSA) is 25.8 Å². The average Bonchev–Trinajstić information content (AvgIpc) is 1.51. The van der Waals surface area contributed by atoms with Gasteiger partial charge in [0, 0.05) is 21.9 Å². The van der Waals surface area contributed by atoms with Crippen LogP contribution >= 0.6 is 11.3 Å². The number of benzene rings is 13. The molecule has 0 saturated heterocycles. The molecule has 0 amide bonds. The van der Waals surface area contributed by atoms with Crippen molar-refractivity contribution in [3.05, 3.63) is 322 Å². The molecule has 0 N–H and O–H groups in total. The second kappa shape index (κ2) is 20.6. The Labute approximate surface area is 585 Å². The molecule has 0 atom stereocenters. The molecule has 2 nitrogen and oxygen atoms in total. The molecule has 0 bridgehead atoms. The molecular formula is C96H78N2S. The van der Waals surface area contributed by atoms with E-state index in [0.717, 1.165) is 64.5 Å². The summed E-state index contributed by atoms with van der Waals surface area (Å²) in [5.74, 6) is 0. The predicted octanol–water partition coefficient (Wildman–Crippen LogP) is 25.7. The molecule has 4 aliphatic carbocycles. The standard InChI is InChI=1S/C96H78N2S/c1-91(2,3)59-39-45-65-66-46-40-60(92(4,5)6)52-80(66)95(79(65)51-59)75-33-21-19-29-69(75)83-71(31-23-35-77(83)95)89-87-88(98-86-74-50-58(56-27-17-14-18-28-56)38-44-64(74)63-43-37-57(49-73(63)85(86)97-87)55-25-15-13-16-26-55)90(99-89)72-32-24-36-78-84(72)70-30-20-22-34-76(70)96(78)81-53-61(93(7,8)9)41-47-67(81)68-48-42-62(54-82(68)96)94(10,11)12/h13-54H,1-12H3. The van der Waals surface area contributed by atoms with Gasteiger partial charge in [-0.2, -0.15) is 0 Å². The van der Waals surface area contributed by atoms with Crippen molar-refractivity contribution in [1.29, 1.82) is 0 Å². The van der Waals surface area contributed by atoms with Gasteiger partial charge in [-0.05, 0) is 178 Å². The smallest absolute Gasteiger partial charge is 0.109 e. The second-order valence-corrected chi connectivity index (χ2v) is 33.7. The Morgan fingerprint density at radius 3 is 0.889 bits per heavy atom. The highest BCUT2D eigenvalue weighted by molar-refractivity contribution is 7.21. The van der Waals surface area contributed by atoms with Crippen molar-refractivity contribution in [3.8, 4) is 87.6 Å². The molecule has 13 aromatic carbocycles.